The molecule has 0 atom stereocenters. The number of esters is 1. The Morgan fingerprint density at radius 1 is 1.08 bits per heavy atom. The summed E-state index contributed by atoms with van der Waals surface area (Å²) >= 11 is 6.05. The van der Waals surface area contributed by atoms with Crippen LogP contribution >= 0.6 is 11.6 Å². The van der Waals surface area contributed by atoms with Crippen molar-refractivity contribution >= 4 is 17.6 Å². The van der Waals surface area contributed by atoms with Crippen LogP contribution in [0.3, 0.4) is 0 Å². The summed E-state index contributed by atoms with van der Waals surface area (Å²) in [5.41, 5.74) is 2.98. The lowest BCUT2D eigenvalue weighted by Gasteiger charge is -2.10. The summed E-state index contributed by atoms with van der Waals surface area (Å²) in [5, 5.41) is 0.616. The van der Waals surface area contributed by atoms with Gasteiger partial charge in [-0.3, -0.25) is 0 Å². The number of nitrogens with zero attached hydrogens (tertiary/aromatic N) is 2. The molecule has 0 unspecified atom stereocenters. The van der Waals surface area contributed by atoms with E-state index in [9.17, 15) is 4.79 Å². The van der Waals surface area contributed by atoms with E-state index < -0.39 is 5.97 Å². The molecule has 1 aromatic heterocycles. The lowest BCUT2D eigenvalue weighted by Crippen LogP contribution is -2.10. The maximum Gasteiger partial charge on any atom is 0.359 e. The Bertz CT molecular complexity index is 866. The van der Waals surface area contributed by atoms with Crippen LogP contribution < -0.4 is 0 Å². The molecular formula is C19H15ClN2O2. The molecule has 1 heterocycles. The highest BCUT2D eigenvalue weighted by Crippen LogP contribution is 2.26. The smallest absolute Gasteiger partial charge is 0.359 e. The third-order valence-corrected chi connectivity index (χ3v) is 3.64. The van der Waals surface area contributed by atoms with Crippen molar-refractivity contribution in [3.05, 3.63) is 71.5 Å². The summed E-state index contributed by atoms with van der Waals surface area (Å²) in [7, 11) is 0. The number of carbonyl (C=O) groups is 1. The molecule has 0 aliphatic rings. The van der Waals surface area contributed by atoms with Crippen molar-refractivity contribution in [3.63, 3.8) is 0 Å². The Balaban J connectivity index is 2.14. The van der Waals surface area contributed by atoms with Gasteiger partial charge in [0.1, 0.15) is 5.69 Å². The third kappa shape index (κ3) is 3.44. The zero-order valence-electron chi connectivity index (χ0n) is 13.1. The Labute approximate surface area is 145 Å². The summed E-state index contributed by atoms with van der Waals surface area (Å²) in [6.07, 6.45) is 1.56. The van der Waals surface area contributed by atoms with E-state index in [1.54, 1.807) is 19.2 Å². The Morgan fingerprint density at radius 3 is 2.54 bits per heavy atom. The topological polar surface area (TPSA) is 52.1 Å². The van der Waals surface area contributed by atoms with Gasteiger partial charge in [0.2, 0.25) is 0 Å². The number of carbonyl (C=O) groups excluding carboxylic acids is 1. The largest absolute Gasteiger partial charge is 0.461 e. The molecular weight excluding hydrogens is 324 g/mol. The van der Waals surface area contributed by atoms with Gasteiger partial charge in [0, 0.05) is 16.1 Å². The van der Waals surface area contributed by atoms with Crippen LogP contribution in [0.25, 0.3) is 22.5 Å². The summed E-state index contributed by atoms with van der Waals surface area (Å²) in [4.78, 5) is 21.1. The fourth-order valence-corrected chi connectivity index (χ4v) is 2.51. The minimum atomic E-state index is -0.485. The standard InChI is InChI=1S/C19H15ClN2O2/c1-2-24-19(23)18-17(13-7-4-3-5-8-13)22-16(12-21-18)14-9-6-10-15(20)11-14/h3-12H,2H2,1H3. The van der Waals surface area contributed by atoms with Gasteiger partial charge in [0.25, 0.3) is 0 Å². The second kappa shape index (κ2) is 7.23. The van der Waals surface area contributed by atoms with E-state index in [4.69, 9.17) is 16.3 Å². The normalized spacial score (nSPS) is 10.4. The highest BCUT2D eigenvalue weighted by atomic mass is 35.5. The molecule has 4 nitrogen and oxygen atoms in total. The van der Waals surface area contributed by atoms with Crippen LogP contribution in [0.5, 0.6) is 0 Å². The van der Waals surface area contributed by atoms with E-state index in [2.05, 4.69) is 9.97 Å². The van der Waals surface area contributed by atoms with Gasteiger partial charge in [0.05, 0.1) is 18.5 Å². The highest BCUT2D eigenvalue weighted by Gasteiger charge is 2.18. The lowest BCUT2D eigenvalue weighted by atomic mass is 10.1. The average molecular weight is 339 g/mol. The fraction of sp³-hybridized carbons (Fsp3) is 0.105. The number of benzene rings is 2. The first-order chi connectivity index (χ1) is 11.7. The molecule has 0 saturated heterocycles. The summed E-state index contributed by atoms with van der Waals surface area (Å²) in [6, 6.07) is 16.8. The van der Waals surface area contributed by atoms with E-state index in [1.807, 2.05) is 48.5 Å². The van der Waals surface area contributed by atoms with Gasteiger partial charge in [0.15, 0.2) is 5.69 Å². The van der Waals surface area contributed by atoms with Crippen LogP contribution in [0.15, 0.2) is 60.8 Å². The Morgan fingerprint density at radius 2 is 1.83 bits per heavy atom. The SMILES string of the molecule is CCOC(=O)c1ncc(-c2cccc(Cl)c2)nc1-c1ccccc1. The molecule has 0 amide bonds. The molecule has 0 N–H and O–H groups in total. The number of ether oxygens (including phenoxy) is 1. The monoisotopic (exact) mass is 338 g/mol. The molecule has 2 aromatic carbocycles. The Hall–Kier alpha value is -2.72. The predicted octanol–water partition coefficient (Wildman–Crippen LogP) is 4.64. The van der Waals surface area contributed by atoms with E-state index in [1.165, 1.54) is 0 Å². The quantitative estimate of drug-likeness (QED) is 0.650. The number of hydrogen-bond donors (Lipinski definition) is 0. The maximum atomic E-state index is 12.2. The van der Waals surface area contributed by atoms with Crippen LogP contribution in [-0.2, 0) is 4.74 Å². The van der Waals surface area contributed by atoms with Crippen LogP contribution in [-0.4, -0.2) is 22.5 Å². The summed E-state index contributed by atoms with van der Waals surface area (Å²) in [5.74, 6) is -0.485. The zero-order chi connectivity index (χ0) is 16.9. The molecule has 0 spiro atoms. The van der Waals surface area contributed by atoms with Crippen LogP contribution in [0.2, 0.25) is 5.02 Å². The summed E-state index contributed by atoms with van der Waals surface area (Å²) in [6.45, 7) is 2.04. The van der Waals surface area contributed by atoms with Crippen LogP contribution in [0.4, 0.5) is 0 Å². The molecule has 0 aliphatic heterocycles. The zero-order valence-corrected chi connectivity index (χ0v) is 13.8. The highest BCUT2D eigenvalue weighted by molar-refractivity contribution is 6.30. The van der Waals surface area contributed by atoms with Gasteiger partial charge < -0.3 is 4.74 Å². The molecule has 5 heteroatoms. The molecule has 0 bridgehead atoms. The maximum absolute atomic E-state index is 12.2. The number of aromatic nitrogens is 2. The molecule has 0 fully saturated rings. The van der Waals surface area contributed by atoms with Crippen molar-refractivity contribution in [2.45, 2.75) is 6.92 Å². The number of halogens is 1. The first-order valence-corrected chi connectivity index (χ1v) is 7.92. The minimum Gasteiger partial charge on any atom is -0.461 e. The van der Waals surface area contributed by atoms with Crippen molar-refractivity contribution in [1.82, 2.24) is 9.97 Å². The Kier molecular flexibility index (Phi) is 4.87. The van der Waals surface area contributed by atoms with Gasteiger partial charge in [-0.15, -0.1) is 0 Å². The molecule has 3 aromatic rings. The molecule has 0 aliphatic carbocycles. The lowest BCUT2D eigenvalue weighted by molar-refractivity contribution is 0.0520. The molecule has 0 saturated carbocycles. The van der Waals surface area contributed by atoms with Crippen molar-refractivity contribution in [1.29, 1.82) is 0 Å². The van der Waals surface area contributed by atoms with E-state index in [-0.39, 0.29) is 12.3 Å². The van der Waals surface area contributed by atoms with Gasteiger partial charge in [-0.1, -0.05) is 54.1 Å². The fourth-order valence-electron chi connectivity index (χ4n) is 2.32. The molecule has 0 radical (unpaired) electrons. The minimum absolute atomic E-state index is 0.203. The predicted molar refractivity (Wildman–Crippen MR) is 93.9 cm³/mol. The van der Waals surface area contributed by atoms with E-state index >= 15 is 0 Å². The molecule has 120 valence electrons. The van der Waals surface area contributed by atoms with Crippen molar-refractivity contribution in [3.8, 4) is 22.5 Å². The number of rotatable bonds is 4. The van der Waals surface area contributed by atoms with Gasteiger partial charge in [-0.2, -0.15) is 0 Å². The summed E-state index contributed by atoms with van der Waals surface area (Å²) < 4.78 is 5.09. The van der Waals surface area contributed by atoms with Gasteiger partial charge in [-0.25, -0.2) is 14.8 Å². The first-order valence-electron chi connectivity index (χ1n) is 7.54. The molecule has 3 rings (SSSR count). The van der Waals surface area contributed by atoms with Gasteiger partial charge >= 0.3 is 5.97 Å². The first kappa shape index (κ1) is 16.1. The van der Waals surface area contributed by atoms with Crippen LogP contribution in [0.1, 0.15) is 17.4 Å². The molecule has 24 heavy (non-hydrogen) atoms. The van der Waals surface area contributed by atoms with Crippen LogP contribution in [0, 0.1) is 0 Å². The third-order valence-electron chi connectivity index (χ3n) is 3.41. The van der Waals surface area contributed by atoms with Gasteiger partial charge in [-0.05, 0) is 19.1 Å². The average Bonchev–Trinajstić information content (AvgIpc) is 2.62. The second-order valence-corrected chi connectivity index (χ2v) is 5.49. The van der Waals surface area contributed by atoms with E-state index in [0.29, 0.717) is 16.4 Å². The second-order valence-electron chi connectivity index (χ2n) is 5.05. The van der Waals surface area contributed by atoms with E-state index in [0.717, 1.165) is 11.1 Å². The van der Waals surface area contributed by atoms with Crippen molar-refractivity contribution < 1.29 is 9.53 Å². The van der Waals surface area contributed by atoms with Crippen molar-refractivity contribution in [2.75, 3.05) is 6.61 Å². The number of hydrogen-bond acceptors (Lipinski definition) is 4. The van der Waals surface area contributed by atoms with Crippen molar-refractivity contribution in [2.24, 2.45) is 0 Å².